The van der Waals surface area contributed by atoms with Crippen LogP contribution in [0.2, 0.25) is 0 Å². The van der Waals surface area contributed by atoms with Crippen LogP contribution in [0.5, 0.6) is 0 Å². The van der Waals surface area contributed by atoms with Gasteiger partial charge in [-0.25, -0.2) is 9.59 Å². The van der Waals surface area contributed by atoms with Gasteiger partial charge in [-0.1, -0.05) is 0 Å². The highest BCUT2D eigenvalue weighted by molar-refractivity contribution is 5.83. The number of carbonyl (C=O) groups is 3. The number of nitrogens with one attached hydrogen (secondary N) is 2. The first-order valence-corrected chi connectivity index (χ1v) is 6.47. The molecule has 0 spiro atoms. The summed E-state index contributed by atoms with van der Waals surface area (Å²) in [5.41, 5.74) is 0. The highest BCUT2D eigenvalue weighted by Gasteiger charge is 2.23. The maximum Gasteiger partial charge on any atom is 0.326 e. The Bertz CT molecular complexity index is 354. The number of amides is 2. The van der Waals surface area contributed by atoms with E-state index in [-0.39, 0.29) is 18.9 Å². The maximum absolute atomic E-state index is 11.7. The summed E-state index contributed by atoms with van der Waals surface area (Å²) in [6.07, 6.45) is 1.33. The summed E-state index contributed by atoms with van der Waals surface area (Å²) in [7, 11) is 1.23. The predicted octanol–water partition coefficient (Wildman–Crippen LogP) is -0.129. The summed E-state index contributed by atoms with van der Waals surface area (Å²) in [6, 6.07) is -1.68. The van der Waals surface area contributed by atoms with Gasteiger partial charge in [-0.15, -0.1) is 0 Å². The van der Waals surface area contributed by atoms with Crippen LogP contribution in [-0.2, 0) is 19.1 Å². The molecular weight excluding hydrogens is 268 g/mol. The Kier molecular flexibility index (Phi) is 6.78. The number of esters is 1. The van der Waals surface area contributed by atoms with Crippen LogP contribution in [0.3, 0.4) is 0 Å². The first kappa shape index (κ1) is 16.2. The molecule has 114 valence electrons. The van der Waals surface area contributed by atoms with Crippen molar-refractivity contribution in [2.45, 2.75) is 37.8 Å². The highest BCUT2D eigenvalue weighted by atomic mass is 16.5. The quantitative estimate of drug-likeness (QED) is 0.587. The summed E-state index contributed by atoms with van der Waals surface area (Å²) in [4.78, 5) is 33.7. The molecule has 8 heteroatoms. The van der Waals surface area contributed by atoms with E-state index < -0.39 is 24.0 Å². The zero-order valence-electron chi connectivity index (χ0n) is 11.4. The monoisotopic (exact) mass is 288 g/mol. The predicted molar refractivity (Wildman–Crippen MR) is 68.2 cm³/mol. The number of urea groups is 1. The van der Waals surface area contributed by atoms with Gasteiger partial charge in [-0.05, 0) is 19.3 Å². The van der Waals surface area contributed by atoms with E-state index in [4.69, 9.17) is 9.84 Å². The van der Waals surface area contributed by atoms with Crippen molar-refractivity contribution in [1.82, 2.24) is 10.6 Å². The van der Waals surface area contributed by atoms with Gasteiger partial charge in [-0.3, -0.25) is 4.79 Å². The average molecular weight is 288 g/mol. The van der Waals surface area contributed by atoms with Crippen molar-refractivity contribution in [1.29, 1.82) is 0 Å². The average Bonchev–Trinajstić information content (AvgIpc) is 2.43. The zero-order chi connectivity index (χ0) is 15.0. The van der Waals surface area contributed by atoms with Crippen LogP contribution in [0.25, 0.3) is 0 Å². The van der Waals surface area contributed by atoms with Crippen molar-refractivity contribution in [3.8, 4) is 0 Å². The Morgan fingerprint density at radius 1 is 1.35 bits per heavy atom. The number of rotatable bonds is 6. The van der Waals surface area contributed by atoms with Crippen LogP contribution >= 0.6 is 0 Å². The van der Waals surface area contributed by atoms with Gasteiger partial charge in [-0.2, -0.15) is 0 Å². The first-order valence-electron chi connectivity index (χ1n) is 6.47. The Morgan fingerprint density at radius 3 is 2.55 bits per heavy atom. The summed E-state index contributed by atoms with van der Waals surface area (Å²) >= 11 is 0. The van der Waals surface area contributed by atoms with Gasteiger partial charge in [0.25, 0.3) is 0 Å². The van der Waals surface area contributed by atoms with Gasteiger partial charge in [0.1, 0.15) is 6.04 Å². The molecule has 1 atom stereocenters. The van der Waals surface area contributed by atoms with Gasteiger partial charge in [0.15, 0.2) is 0 Å². The van der Waals surface area contributed by atoms with Crippen molar-refractivity contribution >= 4 is 18.0 Å². The third-order valence-corrected chi connectivity index (χ3v) is 3.02. The zero-order valence-corrected chi connectivity index (χ0v) is 11.4. The molecule has 0 radical (unpaired) electrons. The topological polar surface area (TPSA) is 114 Å². The van der Waals surface area contributed by atoms with Crippen molar-refractivity contribution < 1.29 is 29.0 Å². The fourth-order valence-corrected chi connectivity index (χ4v) is 1.85. The Hall–Kier alpha value is -1.83. The molecule has 20 heavy (non-hydrogen) atoms. The third kappa shape index (κ3) is 5.87. The lowest BCUT2D eigenvalue weighted by molar-refractivity contribution is -0.142. The van der Waals surface area contributed by atoms with Gasteiger partial charge in [0.05, 0.1) is 7.11 Å². The Balaban J connectivity index is 2.37. The minimum atomic E-state index is -1.18. The van der Waals surface area contributed by atoms with Crippen LogP contribution < -0.4 is 10.6 Å². The van der Waals surface area contributed by atoms with Crippen LogP contribution in [-0.4, -0.2) is 55.5 Å². The second-order valence-corrected chi connectivity index (χ2v) is 4.51. The number of carbonyl (C=O) groups excluding carboxylic acids is 2. The van der Waals surface area contributed by atoms with Crippen molar-refractivity contribution in [2.24, 2.45) is 0 Å². The fourth-order valence-electron chi connectivity index (χ4n) is 1.85. The molecule has 1 fully saturated rings. The Labute approximate surface area is 116 Å². The second kappa shape index (κ2) is 8.36. The molecule has 8 nitrogen and oxygen atoms in total. The van der Waals surface area contributed by atoms with Crippen LogP contribution in [0.4, 0.5) is 4.79 Å². The van der Waals surface area contributed by atoms with Crippen molar-refractivity contribution in [2.75, 3.05) is 20.3 Å². The van der Waals surface area contributed by atoms with Gasteiger partial charge >= 0.3 is 18.0 Å². The number of aliphatic carboxylic acids is 1. The lowest BCUT2D eigenvalue weighted by atomic mass is 10.1. The molecule has 1 aliphatic rings. The second-order valence-electron chi connectivity index (χ2n) is 4.51. The molecule has 0 aliphatic carbocycles. The minimum absolute atomic E-state index is 0.0107. The van der Waals surface area contributed by atoms with E-state index in [9.17, 15) is 14.4 Å². The fraction of sp³-hybridized carbons (Fsp3) is 0.750. The molecule has 1 saturated heterocycles. The molecule has 0 aromatic carbocycles. The molecule has 1 aliphatic heterocycles. The largest absolute Gasteiger partial charge is 0.480 e. The van der Waals surface area contributed by atoms with Crippen molar-refractivity contribution in [3.63, 3.8) is 0 Å². The molecule has 0 aromatic heterocycles. The Morgan fingerprint density at radius 2 is 2.00 bits per heavy atom. The van der Waals surface area contributed by atoms with E-state index in [1.165, 1.54) is 7.11 Å². The lowest BCUT2D eigenvalue weighted by Gasteiger charge is -2.24. The number of hydrogen-bond acceptors (Lipinski definition) is 5. The van der Waals surface area contributed by atoms with E-state index >= 15 is 0 Å². The molecule has 0 bridgehead atoms. The summed E-state index contributed by atoms with van der Waals surface area (Å²) < 4.78 is 9.59. The number of hydrogen-bond donors (Lipinski definition) is 3. The van der Waals surface area contributed by atoms with E-state index in [0.29, 0.717) is 26.1 Å². The van der Waals surface area contributed by atoms with Gasteiger partial charge < -0.3 is 25.2 Å². The standard InChI is InChI=1S/C12H20N2O6/c1-19-10(15)3-2-9(11(16)17)14-12(18)13-8-4-6-20-7-5-8/h8-9H,2-7H2,1H3,(H,16,17)(H2,13,14,18)/t9-/m0/s1. The van der Waals surface area contributed by atoms with E-state index in [1.54, 1.807) is 0 Å². The van der Waals surface area contributed by atoms with Gasteiger partial charge in [0.2, 0.25) is 0 Å². The normalized spacial score (nSPS) is 17.1. The highest BCUT2D eigenvalue weighted by Crippen LogP contribution is 2.06. The summed E-state index contributed by atoms with van der Waals surface area (Å²) in [5, 5.41) is 14.0. The van der Waals surface area contributed by atoms with Crippen LogP contribution in [0, 0.1) is 0 Å². The molecule has 2 amide bonds. The molecule has 0 saturated carbocycles. The lowest BCUT2D eigenvalue weighted by Crippen LogP contribution is -2.50. The molecule has 1 rings (SSSR count). The molecule has 1 heterocycles. The number of methoxy groups -OCH3 is 1. The molecule has 0 unspecified atom stereocenters. The molecule has 0 aromatic rings. The maximum atomic E-state index is 11.7. The number of carboxylic acids is 1. The molecular formula is C12H20N2O6. The van der Waals surface area contributed by atoms with E-state index in [0.717, 1.165) is 0 Å². The summed E-state index contributed by atoms with van der Waals surface area (Å²) in [6.45, 7) is 1.16. The van der Waals surface area contributed by atoms with E-state index in [2.05, 4.69) is 15.4 Å². The number of ether oxygens (including phenoxy) is 2. The van der Waals surface area contributed by atoms with Crippen LogP contribution in [0.1, 0.15) is 25.7 Å². The van der Waals surface area contributed by atoms with E-state index in [1.807, 2.05) is 0 Å². The molecule has 3 N–H and O–H groups in total. The van der Waals surface area contributed by atoms with Crippen LogP contribution in [0.15, 0.2) is 0 Å². The van der Waals surface area contributed by atoms with Crippen molar-refractivity contribution in [3.05, 3.63) is 0 Å². The first-order chi connectivity index (χ1) is 9.52. The SMILES string of the molecule is COC(=O)CC[C@H](NC(=O)NC1CCOCC1)C(=O)O. The number of carboxylic acid groups (broad SMARTS) is 1. The smallest absolute Gasteiger partial charge is 0.326 e. The third-order valence-electron chi connectivity index (χ3n) is 3.02. The minimum Gasteiger partial charge on any atom is -0.480 e. The van der Waals surface area contributed by atoms with Gasteiger partial charge in [0, 0.05) is 25.7 Å². The summed E-state index contributed by atoms with van der Waals surface area (Å²) in [5.74, 6) is -1.70.